The molecule has 0 radical (unpaired) electrons. The van der Waals surface area contributed by atoms with Gasteiger partial charge in [0.15, 0.2) is 0 Å². The van der Waals surface area contributed by atoms with Crippen molar-refractivity contribution >= 4 is 44.0 Å². The zero-order chi connectivity index (χ0) is 45.8. The van der Waals surface area contributed by atoms with Crippen LogP contribution in [0.1, 0.15) is 233 Å². The standard InChI is InChI=1S/2C22H43NO6S.2H3N/c2*1-3-5-7-9-11-12-13-15-17-22(21(25)26,30(27,28)29)19-20(24)23-18-16-14-10-8-6-4-2;;/h2*3-19H2,1-2H3,(H,23,24)(H,25,26)(H,27,28,29);2*1H3. The summed E-state index contributed by atoms with van der Waals surface area (Å²) >= 11 is 0. The molecule has 0 bridgehead atoms. The van der Waals surface area contributed by atoms with Gasteiger partial charge in [-0.3, -0.25) is 18.7 Å². The molecule has 62 heavy (non-hydrogen) atoms. The Bertz CT molecular complexity index is 1270. The number of hydrogen-bond donors (Lipinski definition) is 6. The monoisotopic (exact) mass is 933 g/mol. The molecule has 0 fully saturated rings. The molecule has 2 amide bonds. The first kappa shape index (κ1) is 66.2. The second kappa shape index (κ2) is 40.2. The third-order valence-electron chi connectivity index (χ3n) is 11.2. The number of nitrogens with one attached hydrogen (secondary N) is 2. The van der Waals surface area contributed by atoms with Crippen LogP contribution in [-0.2, 0) is 39.4 Å². The maximum atomic E-state index is 12.2. The Hall–Kier alpha value is -2.38. The summed E-state index contributed by atoms with van der Waals surface area (Å²) in [5.41, 5.74) is 0. The van der Waals surface area contributed by atoms with Crippen LogP contribution in [0, 0.1) is 0 Å². The van der Waals surface area contributed by atoms with Crippen molar-refractivity contribution in [2.75, 3.05) is 13.1 Å². The van der Waals surface area contributed by atoms with Crippen LogP contribution in [0.25, 0.3) is 0 Å². The van der Waals surface area contributed by atoms with Crippen molar-refractivity contribution < 1.29 is 55.3 Å². The van der Waals surface area contributed by atoms with Gasteiger partial charge in [-0.25, -0.2) is 0 Å². The number of carboxylic acid groups (broad SMARTS) is 2. The molecular weight excluding hydrogens is 841 g/mol. The van der Waals surface area contributed by atoms with Crippen LogP contribution in [-0.4, -0.2) is 72.3 Å². The second-order valence-electron chi connectivity index (χ2n) is 16.6. The van der Waals surface area contributed by atoms with E-state index in [2.05, 4.69) is 38.3 Å². The minimum atomic E-state index is -4.99. The van der Waals surface area contributed by atoms with Crippen molar-refractivity contribution in [1.82, 2.24) is 22.9 Å². The van der Waals surface area contributed by atoms with Crippen LogP contribution in [0.3, 0.4) is 0 Å². The van der Waals surface area contributed by atoms with E-state index in [4.69, 9.17) is 0 Å². The maximum Gasteiger partial charge on any atom is 0.276 e. The quantitative estimate of drug-likeness (QED) is 0.0250. The van der Waals surface area contributed by atoms with Crippen LogP contribution in [0.4, 0.5) is 0 Å². The van der Waals surface area contributed by atoms with Gasteiger partial charge in [0.05, 0.1) is 24.8 Å². The Balaban J connectivity index is -0.000000526. The van der Waals surface area contributed by atoms with Gasteiger partial charge in [-0.1, -0.05) is 195 Å². The molecule has 0 rings (SSSR count). The first-order valence-electron chi connectivity index (χ1n) is 23.3. The summed E-state index contributed by atoms with van der Waals surface area (Å²) in [6, 6.07) is 0. The molecule has 2 unspecified atom stereocenters. The Labute approximate surface area is 376 Å². The van der Waals surface area contributed by atoms with E-state index < -0.39 is 66.3 Å². The van der Waals surface area contributed by atoms with E-state index in [0.29, 0.717) is 38.8 Å². The van der Waals surface area contributed by atoms with Gasteiger partial charge in [-0.15, -0.1) is 0 Å². The maximum absolute atomic E-state index is 12.2. The molecule has 0 saturated carbocycles. The summed E-state index contributed by atoms with van der Waals surface area (Å²) in [6.45, 7) is 9.26. The number of aliphatic carboxylic acids is 2. The lowest BCUT2D eigenvalue weighted by atomic mass is 9.95. The molecule has 2 atom stereocenters. The van der Waals surface area contributed by atoms with Gasteiger partial charge in [0.2, 0.25) is 11.8 Å². The molecule has 16 nitrogen and oxygen atoms in total. The van der Waals surface area contributed by atoms with E-state index in [0.717, 1.165) is 128 Å². The molecule has 0 aliphatic carbocycles. The summed E-state index contributed by atoms with van der Waals surface area (Å²) in [7, 11) is -9.99. The van der Waals surface area contributed by atoms with Gasteiger partial charge in [0, 0.05) is 13.1 Å². The van der Waals surface area contributed by atoms with E-state index >= 15 is 0 Å². The SMILES string of the molecule is CCCCCCCCCCC(CC(=O)NCCCCCCCC)(C(=O)[O-])S(=O)(=O)O.CCCCCCCCCCC(CC(=O)NCCCCCCCC)(C(=O)[O-])S(=O)(=O)O.[NH4+].[NH4+]. The van der Waals surface area contributed by atoms with Gasteiger partial charge in [0.1, 0.15) is 9.49 Å². The molecule has 0 aliphatic rings. The molecule has 0 aromatic heterocycles. The average Bonchev–Trinajstić information content (AvgIpc) is 3.17. The van der Waals surface area contributed by atoms with Crippen molar-refractivity contribution in [3.05, 3.63) is 0 Å². The number of unbranched alkanes of at least 4 members (excludes halogenated alkanes) is 24. The normalized spacial score (nSPS) is 13.3. The molecule has 0 spiro atoms. The molecule has 18 heteroatoms. The summed E-state index contributed by atoms with van der Waals surface area (Å²) < 4.78 is 61.7. The number of carbonyl (C=O) groups is 4. The average molecular weight is 933 g/mol. The van der Waals surface area contributed by atoms with Gasteiger partial charge in [-0.05, 0) is 25.7 Å². The first-order valence-corrected chi connectivity index (χ1v) is 26.2. The van der Waals surface area contributed by atoms with Gasteiger partial charge >= 0.3 is 0 Å². The Morgan fingerprint density at radius 2 is 0.613 bits per heavy atom. The van der Waals surface area contributed by atoms with E-state index in [1.165, 1.54) is 25.7 Å². The lowest BCUT2D eigenvalue weighted by molar-refractivity contribution is -0.311. The number of carbonyl (C=O) groups excluding carboxylic acids is 4. The van der Waals surface area contributed by atoms with Gasteiger partial charge in [0.25, 0.3) is 20.2 Å². The van der Waals surface area contributed by atoms with Crippen molar-refractivity contribution in [3.63, 3.8) is 0 Å². The molecule has 12 N–H and O–H groups in total. The third-order valence-corrected chi connectivity index (χ3v) is 14.2. The Morgan fingerprint density at radius 1 is 0.403 bits per heavy atom. The fourth-order valence-electron chi connectivity index (χ4n) is 7.18. The molecule has 0 aromatic rings. The van der Waals surface area contributed by atoms with Gasteiger partial charge < -0.3 is 42.7 Å². The number of carboxylic acids is 2. The highest BCUT2D eigenvalue weighted by Gasteiger charge is 2.47. The largest absolute Gasteiger partial charge is 0.548 e. The topological polar surface area (TPSA) is 320 Å². The Kier molecular flexibility index (Phi) is 42.9. The van der Waals surface area contributed by atoms with Crippen molar-refractivity contribution in [3.8, 4) is 0 Å². The smallest absolute Gasteiger partial charge is 0.276 e. The van der Waals surface area contributed by atoms with Crippen LogP contribution < -0.4 is 33.1 Å². The summed E-state index contributed by atoms with van der Waals surface area (Å²) in [5, 5.41) is 28.5. The molecular formula is C44H92N4O12S2. The number of quaternary nitrogens is 2. The van der Waals surface area contributed by atoms with Crippen molar-refractivity contribution in [2.45, 2.75) is 243 Å². The highest BCUT2D eigenvalue weighted by atomic mass is 32.2. The first-order chi connectivity index (χ1) is 28.4. The predicted octanol–water partition coefficient (Wildman–Crippen LogP) is 8.27. The summed E-state index contributed by atoms with van der Waals surface area (Å²) in [5.74, 6) is -5.21. The number of rotatable bonds is 40. The van der Waals surface area contributed by atoms with E-state index in [1.807, 2.05) is 0 Å². The molecule has 0 heterocycles. The zero-order valence-corrected chi connectivity index (χ0v) is 41.5. The van der Waals surface area contributed by atoms with Crippen molar-refractivity contribution in [2.24, 2.45) is 0 Å². The summed E-state index contributed by atoms with van der Waals surface area (Å²) in [4.78, 5) is 47.8. The van der Waals surface area contributed by atoms with E-state index in [1.54, 1.807) is 0 Å². The third kappa shape index (κ3) is 30.7. The van der Waals surface area contributed by atoms with E-state index in [9.17, 15) is 55.3 Å². The van der Waals surface area contributed by atoms with Crippen LogP contribution in [0.2, 0.25) is 0 Å². The predicted molar refractivity (Wildman–Crippen MR) is 247 cm³/mol. The molecule has 372 valence electrons. The lowest BCUT2D eigenvalue weighted by Crippen LogP contribution is -2.56. The fraction of sp³-hybridized carbons (Fsp3) is 0.909. The highest BCUT2D eigenvalue weighted by molar-refractivity contribution is 7.88. The molecule has 0 saturated heterocycles. The summed E-state index contributed by atoms with van der Waals surface area (Å²) in [6.07, 6.45) is 25.0. The molecule has 0 aliphatic heterocycles. The van der Waals surface area contributed by atoms with E-state index in [-0.39, 0.29) is 25.1 Å². The lowest BCUT2D eigenvalue weighted by Gasteiger charge is -2.31. The Morgan fingerprint density at radius 3 is 0.823 bits per heavy atom. The number of amides is 2. The zero-order valence-electron chi connectivity index (χ0n) is 39.8. The minimum Gasteiger partial charge on any atom is -0.548 e. The van der Waals surface area contributed by atoms with Crippen molar-refractivity contribution in [1.29, 1.82) is 0 Å². The van der Waals surface area contributed by atoms with Gasteiger partial charge in [-0.2, -0.15) is 16.8 Å². The number of hydrogen-bond acceptors (Lipinski definition) is 10. The highest BCUT2D eigenvalue weighted by Crippen LogP contribution is 2.30. The van der Waals surface area contributed by atoms with Crippen LogP contribution in [0.15, 0.2) is 0 Å². The van der Waals surface area contributed by atoms with Crippen LogP contribution in [0.5, 0.6) is 0 Å². The van der Waals surface area contributed by atoms with Crippen LogP contribution >= 0.6 is 0 Å². The second-order valence-corrected chi connectivity index (χ2v) is 20.0. The minimum absolute atomic E-state index is 0. The molecule has 0 aromatic carbocycles. The fourth-order valence-corrected chi connectivity index (χ4v) is 9.03.